The predicted octanol–water partition coefficient (Wildman–Crippen LogP) is 4.92. The van der Waals surface area contributed by atoms with Crippen LogP contribution >= 0.6 is 0 Å². The molecular formula is C22H26F3N7O. The molecular weight excluding hydrogens is 435 g/mol. The first-order valence-corrected chi connectivity index (χ1v) is 10.7. The van der Waals surface area contributed by atoms with Crippen molar-refractivity contribution >= 4 is 17.6 Å². The van der Waals surface area contributed by atoms with Crippen molar-refractivity contribution in [3.8, 4) is 11.5 Å². The zero-order valence-corrected chi connectivity index (χ0v) is 18.8. The lowest BCUT2D eigenvalue weighted by Gasteiger charge is -2.13. The molecule has 0 saturated heterocycles. The minimum absolute atomic E-state index is 0.0122. The number of nitrogens with one attached hydrogen (secondary N) is 2. The summed E-state index contributed by atoms with van der Waals surface area (Å²) in [6.45, 7) is 7.76. The van der Waals surface area contributed by atoms with Gasteiger partial charge < -0.3 is 15.7 Å². The van der Waals surface area contributed by atoms with Crippen LogP contribution in [0.2, 0.25) is 0 Å². The van der Waals surface area contributed by atoms with E-state index in [0.29, 0.717) is 24.2 Å². The SMILES string of the molecule is CC.CC(C)Nc1nc(Nc2ccnc(C3(O)CC3)c2)nc(-c2cccc(C(F)(F)F)n2)n1. The standard InChI is InChI=1S/C20H20F3N7O.C2H6/c1-11(2)25-17-28-16(13-4-3-5-14(27-13)20(21,22)23)29-18(30-17)26-12-6-9-24-15(10-12)19(31)7-8-19;1-2/h3-6,9-11,31H,7-8H2,1-2H3,(H2,24,25,26,28,29,30);1-2H3. The van der Waals surface area contributed by atoms with E-state index >= 15 is 0 Å². The average Bonchev–Trinajstić information content (AvgIpc) is 3.53. The highest BCUT2D eigenvalue weighted by Crippen LogP contribution is 2.44. The topological polar surface area (TPSA) is 109 Å². The second kappa shape index (κ2) is 9.65. The maximum absolute atomic E-state index is 13.1. The maximum Gasteiger partial charge on any atom is 0.433 e. The Bertz CT molecular complexity index is 1100. The van der Waals surface area contributed by atoms with E-state index in [0.717, 1.165) is 6.07 Å². The van der Waals surface area contributed by atoms with Gasteiger partial charge in [-0.05, 0) is 51.0 Å². The van der Waals surface area contributed by atoms with Gasteiger partial charge in [-0.2, -0.15) is 28.1 Å². The van der Waals surface area contributed by atoms with Gasteiger partial charge in [-0.15, -0.1) is 0 Å². The van der Waals surface area contributed by atoms with Crippen LogP contribution in [-0.2, 0) is 11.8 Å². The molecule has 0 radical (unpaired) electrons. The third kappa shape index (κ3) is 6.13. The summed E-state index contributed by atoms with van der Waals surface area (Å²) in [5, 5.41) is 16.3. The summed E-state index contributed by atoms with van der Waals surface area (Å²) in [5.41, 5.74) is -0.861. The smallest absolute Gasteiger partial charge is 0.384 e. The molecule has 1 saturated carbocycles. The Balaban J connectivity index is 0.00000149. The highest BCUT2D eigenvalue weighted by Gasteiger charge is 2.43. The number of aromatic nitrogens is 5. The molecule has 3 N–H and O–H groups in total. The van der Waals surface area contributed by atoms with Crippen LogP contribution in [0.5, 0.6) is 0 Å². The monoisotopic (exact) mass is 461 g/mol. The van der Waals surface area contributed by atoms with Crippen molar-refractivity contribution in [1.82, 2.24) is 24.9 Å². The number of anilines is 3. The Hall–Kier alpha value is -3.34. The van der Waals surface area contributed by atoms with Crippen LogP contribution < -0.4 is 10.6 Å². The Kier molecular flexibility index (Phi) is 7.11. The number of rotatable bonds is 6. The van der Waals surface area contributed by atoms with Crippen molar-refractivity contribution in [1.29, 1.82) is 0 Å². The van der Waals surface area contributed by atoms with Crippen LogP contribution in [-0.4, -0.2) is 36.1 Å². The van der Waals surface area contributed by atoms with Gasteiger partial charge in [0, 0.05) is 17.9 Å². The summed E-state index contributed by atoms with van der Waals surface area (Å²) in [7, 11) is 0. The van der Waals surface area contributed by atoms with Crippen LogP contribution in [0.15, 0.2) is 36.5 Å². The van der Waals surface area contributed by atoms with E-state index in [1.165, 1.54) is 12.1 Å². The van der Waals surface area contributed by atoms with Gasteiger partial charge in [-0.1, -0.05) is 19.9 Å². The van der Waals surface area contributed by atoms with Gasteiger partial charge in [0.2, 0.25) is 11.9 Å². The van der Waals surface area contributed by atoms with Crippen LogP contribution in [0.1, 0.15) is 51.9 Å². The molecule has 1 aliphatic carbocycles. The first kappa shape index (κ1) is 24.3. The first-order chi connectivity index (χ1) is 15.6. The van der Waals surface area contributed by atoms with Gasteiger partial charge in [0.1, 0.15) is 17.0 Å². The zero-order valence-electron chi connectivity index (χ0n) is 18.8. The van der Waals surface area contributed by atoms with E-state index < -0.39 is 17.5 Å². The first-order valence-electron chi connectivity index (χ1n) is 10.7. The van der Waals surface area contributed by atoms with Crippen molar-refractivity contribution in [2.45, 2.75) is 58.4 Å². The van der Waals surface area contributed by atoms with Crippen LogP contribution in [0.3, 0.4) is 0 Å². The van der Waals surface area contributed by atoms with Crippen LogP contribution in [0.4, 0.5) is 30.8 Å². The molecule has 176 valence electrons. The number of halogens is 3. The molecule has 3 aromatic heterocycles. The van der Waals surface area contributed by atoms with E-state index in [9.17, 15) is 18.3 Å². The van der Waals surface area contributed by atoms with Crippen molar-refractivity contribution in [2.75, 3.05) is 10.6 Å². The number of hydrogen-bond donors (Lipinski definition) is 3. The number of hydrogen-bond acceptors (Lipinski definition) is 8. The molecule has 4 rings (SSSR count). The molecule has 0 aliphatic heterocycles. The van der Waals surface area contributed by atoms with Gasteiger partial charge in [0.25, 0.3) is 0 Å². The Labute approximate surface area is 189 Å². The molecule has 1 aliphatic rings. The van der Waals surface area contributed by atoms with Gasteiger partial charge >= 0.3 is 6.18 Å². The van der Waals surface area contributed by atoms with Gasteiger partial charge in [0.05, 0.1) is 5.69 Å². The minimum atomic E-state index is -4.58. The van der Waals surface area contributed by atoms with Crippen LogP contribution in [0, 0.1) is 0 Å². The molecule has 3 aromatic rings. The molecule has 0 aromatic carbocycles. The van der Waals surface area contributed by atoms with E-state index in [-0.39, 0.29) is 29.5 Å². The highest BCUT2D eigenvalue weighted by molar-refractivity contribution is 5.59. The lowest BCUT2D eigenvalue weighted by Crippen LogP contribution is -2.15. The predicted molar refractivity (Wildman–Crippen MR) is 119 cm³/mol. The van der Waals surface area contributed by atoms with Crippen LogP contribution in [0.25, 0.3) is 11.5 Å². The number of alkyl halides is 3. The lowest BCUT2D eigenvalue weighted by atomic mass is 10.2. The molecule has 0 bridgehead atoms. The average molecular weight is 461 g/mol. The summed E-state index contributed by atoms with van der Waals surface area (Å²) < 4.78 is 39.2. The molecule has 0 amide bonds. The van der Waals surface area contributed by atoms with E-state index in [1.54, 1.807) is 18.3 Å². The number of pyridine rings is 2. The molecule has 8 nitrogen and oxygen atoms in total. The molecule has 0 unspecified atom stereocenters. The largest absolute Gasteiger partial charge is 0.433 e. The van der Waals surface area contributed by atoms with Crippen molar-refractivity contribution in [3.63, 3.8) is 0 Å². The maximum atomic E-state index is 13.1. The Morgan fingerprint density at radius 3 is 2.33 bits per heavy atom. The van der Waals surface area contributed by atoms with Crippen molar-refractivity contribution in [2.24, 2.45) is 0 Å². The Morgan fingerprint density at radius 2 is 1.70 bits per heavy atom. The summed E-state index contributed by atoms with van der Waals surface area (Å²) >= 11 is 0. The highest BCUT2D eigenvalue weighted by atomic mass is 19.4. The third-order valence-corrected chi connectivity index (χ3v) is 4.54. The van der Waals surface area contributed by atoms with Crippen molar-refractivity contribution in [3.05, 3.63) is 47.9 Å². The zero-order chi connectivity index (χ0) is 24.2. The lowest BCUT2D eigenvalue weighted by molar-refractivity contribution is -0.141. The number of nitrogens with zero attached hydrogens (tertiary/aromatic N) is 5. The normalized spacial score (nSPS) is 14.3. The summed E-state index contributed by atoms with van der Waals surface area (Å²) in [5.74, 6) is 0.297. The second-order valence-corrected chi connectivity index (χ2v) is 7.60. The fourth-order valence-corrected chi connectivity index (χ4v) is 2.85. The van der Waals surface area contributed by atoms with Crippen molar-refractivity contribution < 1.29 is 18.3 Å². The van der Waals surface area contributed by atoms with Gasteiger partial charge in [0.15, 0.2) is 5.82 Å². The summed E-state index contributed by atoms with van der Waals surface area (Å²) in [4.78, 5) is 20.6. The minimum Gasteiger partial charge on any atom is -0.384 e. The third-order valence-electron chi connectivity index (χ3n) is 4.54. The quantitative estimate of drug-likeness (QED) is 0.475. The Morgan fingerprint density at radius 1 is 1.00 bits per heavy atom. The van der Waals surface area contributed by atoms with E-state index in [2.05, 4.69) is 35.6 Å². The molecule has 33 heavy (non-hydrogen) atoms. The van der Waals surface area contributed by atoms with E-state index in [1.807, 2.05) is 27.7 Å². The fraction of sp³-hybridized carbons (Fsp3) is 0.409. The molecule has 3 heterocycles. The van der Waals surface area contributed by atoms with Gasteiger partial charge in [-0.3, -0.25) is 4.98 Å². The molecule has 0 atom stereocenters. The number of aliphatic hydroxyl groups is 1. The molecule has 11 heteroatoms. The summed E-state index contributed by atoms with van der Waals surface area (Å²) in [6, 6.07) is 6.89. The summed E-state index contributed by atoms with van der Waals surface area (Å²) in [6.07, 6.45) is -1.75. The fourth-order valence-electron chi connectivity index (χ4n) is 2.85. The second-order valence-electron chi connectivity index (χ2n) is 7.60. The van der Waals surface area contributed by atoms with Gasteiger partial charge in [-0.25, -0.2) is 4.98 Å². The molecule has 0 spiro atoms. The van der Waals surface area contributed by atoms with E-state index in [4.69, 9.17) is 0 Å². The molecule has 1 fully saturated rings.